The summed E-state index contributed by atoms with van der Waals surface area (Å²) in [5.74, 6) is 2.02. The van der Waals surface area contributed by atoms with Gasteiger partial charge in [0.05, 0.1) is 18.5 Å². The highest BCUT2D eigenvalue weighted by molar-refractivity contribution is 6.30. The number of hydrogen-bond acceptors (Lipinski definition) is 4. The first-order chi connectivity index (χ1) is 18.1. The van der Waals surface area contributed by atoms with E-state index in [9.17, 15) is 0 Å². The predicted molar refractivity (Wildman–Crippen MR) is 150 cm³/mol. The van der Waals surface area contributed by atoms with Crippen LogP contribution in [0.5, 0.6) is 11.5 Å². The maximum absolute atomic E-state index is 5.98. The molecule has 5 aromatic rings. The molecule has 0 spiro atoms. The zero-order chi connectivity index (χ0) is 25.6. The van der Waals surface area contributed by atoms with Gasteiger partial charge >= 0.3 is 0 Å². The standard InChI is InChI=1S/C31H26ClN3O2/c1-22-8-13-25(14-9-22)28-19-31(35(34-28)27-6-4-3-5-7-27)33-20-24-12-17-29(30(18-24)36-2)37-21-23-10-15-26(32)16-11-23/h3-20H,21H2,1-2H3/b33-20+. The van der Waals surface area contributed by atoms with Crippen LogP contribution in [0.15, 0.2) is 108 Å². The van der Waals surface area contributed by atoms with Gasteiger partial charge in [-0.25, -0.2) is 9.67 Å². The van der Waals surface area contributed by atoms with E-state index in [0.29, 0.717) is 23.1 Å². The number of para-hydroxylation sites is 1. The second kappa shape index (κ2) is 11.1. The lowest BCUT2D eigenvalue weighted by Gasteiger charge is -2.11. The quantitative estimate of drug-likeness (QED) is 0.201. The zero-order valence-corrected chi connectivity index (χ0v) is 21.4. The molecule has 5 rings (SSSR count). The summed E-state index contributed by atoms with van der Waals surface area (Å²) in [6, 6.07) is 33.6. The molecular weight excluding hydrogens is 482 g/mol. The number of rotatable bonds is 8. The summed E-state index contributed by atoms with van der Waals surface area (Å²) >= 11 is 5.97. The molecule has 1 heterocycles. The molecule has 0 aliphatic heterocycles. The molecule has 0 saturated carbocycles. The Morgan fingerprint density at radius 3 is 2.35 bits per heavy atom. The fourth-order valence-electron chi connectivity index (χ4n) is 3.85. The van der Waals surface area contributed by atoms with Gasteiger partial charge in [-0.3, -0.25) is 0 Å². The molecule has 0 fully saturated rings. The van der Waals surface area contributed by atoms with Crippen molar-refractivity contribution in [2.24, 2.45) is 4.99 Å². The van der Waals surface area contributed by atoms with Crippen LogP contribution in [-0.4, -0.2) is 23.1 Å². The fraction of sp³-hybridized carbons (Fsp3) is 0.0968. The van der Waals surface area contributed by atoms with Crippen molar-refractivity contribution < 1.29 is 9.47 Å². The van der Waals surface area contributed by atoms with Crippen LogP contribution in [-0.2, 0) is 6.61 Å². The van der Waals surface area contributed by atoms with Gasteiger partial charge in [0.15, 0.2) is 17.3 Å². The molecule has 0 radical (unpaired) electrons. The van der Waals surface area contributed by atoms with Crippen LogP contribution in [0, 0.1) is 6.92 Å². The number of benzene rings is 4. The third-order valence-electron chi connectivity index (χ3n) is 5.88. The Hall–Kier alpha value is -4.35. The third-order valence-corrected chi connectivity index (χ3v) is 6.13. The van der Waals surface area contributed by atoms with E-state index in [2.05, 4.69) is 31.2 Å². The first-order valence-corrected chi connectivity index (χ1v) is 12.3. The lowest BCUT2D eigenvalue weighted by atomic mass is 10.1. The number of aliphatic imine (C=N–C) groups is 1. The highest BCUT2D eigenvalue weighted by atomic mass is 35.5. The van der Waals surface area contributed by atoms with Crippen molar-refractivity contribution in [3.63, 3.8) is 0 Å². The summed E-state index contributed by atoms with van der Waals surface area (Å²) in [7, 11) is 1.63. The molecule has 0 bridgehead atoms. The number of halogens is 1. The molecular formula is C31H26ClN3O2. The first kappa shape index (κ1) is 24.3. The number of aromatic nitrogens is 2. The van der Waals surface area contributed by atoms with Crippen LogP contribution in [0.3, 0.4) is 0 Å². The number of nitrogens with zero attached hydrogens (tertiary/aromatic N) is 3. The van der Waals surface area contributed by atoms with Gasteiger partial charge in [0, 0.05) is 22.9 Å². The van der Waals surface area contributed by atoms with Crippen molar-refractivity contribution in [3.8, 4) is 28.4 Å². The SMILES string of the molecule is COc1cc(/C=N/c2cc(-c3ccc(C)cc3)nn2-c2ccccc2)ccc1OCc1ccc(Cl)cc1. The monoisotopic (exact) mass is 507 g/mol. The average molecular weight is 508 g/mol. The van der Waals surface area contributed by atoms with E-state index in [1.54, 1.807) is 13.3 Å². The van der Waals surface area contributed by atoms with Gasteiger partial charge < -0.3 is 9.47 Å². The van der Waals surface area contributed by atoms with Gasteiger partial charge in [0.2, 0.25) is 0 Å². The molecule has 0 saturated heterocycles. The van der Waals surface area contributed by atoms with Crippen molar-refractivity contribution in [3.05, 3.63) is 125 Å². The molecule has 0 aliphatic carbocycles. The largest absolute Gasteiger partial charge is 0.493 e. The van der Waals surface area contributed by atoms with Gasteiger partial charge in [-0.05, 0) is 60.5 Å². The van der Waals surface area contributed by atoms with Crippen LogP contribution < -0.4 is 9.47 Å². The van der Waals surface area contributed by atoms with Gasteiger partial charge in [-0.2, -0.15) is 5.10 Å². The van der Waals surface area contributed by atoms with E-state index >= 15 is 0 Å². The summed E-state index contributed by atoms with van der Waals surface area (Å²) in [5.41, 5.74) is 5.96. The summed E-state index contributed by atoms with van der Waals surface area (Å²) < 4.78 is 13.4. The van der Waals surface area contributed by atoms with Crippen LogP contribution in [0.2, 0.25) is 5.02 Å². The van der Waals surface area contributed by atoms with Gasteiger partial charge in [-0.15, -0.1) is 0 Å². The zero-order valence-electron chi connectivity index (χ0n) is 20.6. The molecule has 4 aromatic carbocycles. The number of methoxy groups -OCH3 is 1. The summed E-state index contributed by atoms with van der Waals surface area (Å²) in [5, 5.41) is 5.55. The maximum Gasteiger partial charge on any atom is 0.161 e. The smallest absolute Gasteiger partial charge is 0.161 e. The summed E-state index contributed by atoms with van der Waals surface area (Å²) in [6.07, 6.45) is 1.81. The Morgan fingerprint density at radius 2 is 1.62 bits per heavy atom. The molecule has 6 heteroatoms. The Bertz CT molecular complexity index is 1510. The summed E-state index contributed by atoms with van der Waals surface area (Å²) in [6.45, 7) is 2.49. The van der Waals surface area contributed by atoms with E-state index in [-0.39, 0.29) is 0 Å². The minimum absolute atomic E-state index is 0.416. The van der Waals surface area contributed by atoms with Crippen molar-refractivity contribution >= 4 is 23.6 Å². The summed E-state index contributed by atoms with van der Waals surface area (Å²) in [4.78, 5) is 4.79. The molecule has 0 N–H and O–H groups in total. The average Bonchev–Trinajstić information content (AvgIpc) is 3.37. The molecule has 37 heavy (non-hydrogen) atoms. The van der Waals surface area contributed by atoms with Crippen LogP contribution in [0.4, 0.5) is 5.82 Å². The molecule has 5 nitrogen and oxygen atoms in total. The minimum atomic E-state index is 0.416. The Balaban J connectivity index is 1.41. The highest BCUT2D eigenvalue weighted by Gasteiger charge is 2.11. The van der Waals surface area contributed by atoms with E-state index in [1.165, 1.54) is 5.56 Å². The second-order valence-corrected chi connectivity index (χ2v) is 9.02. The second-order valence-electron chi connectivity index (χ2n) is 8.58. The lowest BCUT2D eigenvalue weighted by molar-refractivity contribution is 0.284. The molecule has 1 aromatic heterocycles. The molecule has 0 unspecified atom stereocenters. The van der Waals surface area contributed by atoms with Crippen LogP contribution >= 0.6 is 11.6 Å². The van der Waals surface area contributed by atoms with E-state index < -0.39 is 0 Å². The van der Waals surface area contributed by atoms with Crippen molar-refractivity contribution in [2.45, 2.75) is 13.5 Å². The molecule has 184 valence electrons. The lowest BCUT2D eigenvalue weighted by Crippen LogP contribution is -1.98. The molecule has 0 amide bonds. The third kappa shape index (κ3) is 5.90. The molecule has 0 atom stereocenters. The Kier molecular flexibility index (Phi) is 7.33. The Morgan fingerprint density at radius 1 is 0.865 bits per heavy atom. The van der Waals surface area contributed by atoms with Crippen molar-refractivity contribution in [2.75, 3.05) is 7.11 Å². The predicted octanol–water partition coefficient (Wildman–Crippen LogP) is 7.84. The number of ether oxygens (including phenoxy) is 2. The normalized spacial score (nSPS) is 11.1. The van der Waals surface area contributed by atoms with Gasteiger partial charge in [0.25, 0.3) is 0 Å². The van der Waals surface area contributed by atoms with Crippen molar-refractivity contribution in [1.29, 1.82) is 0 Å². The van der Waals surface area contributed by atoms with Crippen LogP contribution in [0.1, 0.15) is 16.7 Å². The maximum atomic E-state index is 5.98. The Labute approximate surface area is 221 Å². The van der Waals surface area contributed by atoms with Gasteiger partial charge in [0.1, 0.15) is 6.61 Å². The number of hydrogen-bond donors (Lipinski definition) is 0. The van der Waals surface area contributed by atoms with Crippen molar-refractivity contribution in [1.82, 2.24) is 9.78 Å². The van der Waals surface area contributed by atoms with Gasteiger partial charge in [-0.1, -0.05) is 71.8 Å². The number of aryl methyl sites for hydroxylation is 1. The van der Waals surface area contributed by atoms with E-state index in [4.69, 9.17) is 31.2 Å². The van der Waals surface area contributed by atoms with Crippen LogP contribution in [0.25, 0.3) is 16.9 Å². The van der Waals surface area contributed by atoms with E-state index in [1.807, 2.05) is 83.5 Å². The topological polar surface area (TPSA) is 48.6 Å². The molecule has 0 aliphatic rings. The fourth-order valence-corrected chi connectivity index (χ4v) is 3.98. The van der Waals surface area contributed by atoms with E-state index in [0.717, 1.165) is 33.9 Å². The highest BCUT2D eigenvalue weighted by Crippen LogP contribution is 2.30. The first-order valence-electron chi connectivity index (χ1n) is 11.9. The minimum Gasteiger partial charge on any atom is -0.493 e.